The molecule has 1 amide bonds. The Morgan fingerprint density at radius 3 is 2.69 bits per heavy atom. The molecule has 1 fully saturated rings. The Balaban J connectivity index is 1.45. The van der Waals surface area contributed by atoms with Crippen LogP contribution in [-0.4, -0.2) is 58.0 Å². The van der Waals surface area contributed by atoms with Crippen molar-refractivity contribution in [2.45, 2.75) is 25.8 Å². The van der Waals surface area contributed by atoms with E-state index < -0.39 is 0 Å². The van der Waals surface area contributed by atoms with Crippen LogP contribution >= 0.6 is 0 Å². The van der Waals surface area contributed by atoms with Crippen LogP contribution in [0, 0.1) is 0 Å². The first-order valence-corrected chi connectivity index (χ1v) is 9.28. The van der Waals surface area contributed by atoms with Crippen molar-refractivity contribution < 1.29 is 4.79 Å². The van der Waals surface area contributed by atoms with E-state index in [0.29, 0.717) is 0 Å². The molecule has 0 spiro atoms. The summed E-state index contributed by atoms with van der Waals surface area (Å²) in [6.07, 6.45) is 6.25. The summed E-state index contributed by atoms with van der Waals surface area (Å²) in [6.45, 7) is 4.51. The van der Waals surface area contributed by atoms with E-state index >= 15 is 0 Å². The molecule has 2 heterocycles. The highest BCUT2D eigenvalue weighted by Gasteiger charge is 2.19. The molecule has 26 heavy (non-hydrogen) atoms. The fourth-order valence-corrected chi connectivity index (χ4v) is 3.35. The zero-order valence-corrected chi connectivity index (χ0v) is 15.1. The summed E-state index contributed by atoms with van der Waals surface area (Å²) in [5, 5.41) is 0. The Labute approximate surface area is 154 Å². The van der Waals surface area contributed by atoms with Crippen LogP contribution in [0.4, 0.5) is 0 Å². The molecule has 0 saturated carbocycles. The first-order chi connectivity index (χ1) is 12.7. The van der Waals surface area contributed by atoms with Crippen LogP contribution in [0.25, 0.3) is 0 Å². The molecule has 3 rings (SSSR count). The van der Waals surface area contributed by atoms with E-state index in [4.69, 9.17) is 0 Å². The molecule has 1 saturated heterocycles. The summed E-state index contributed by atoms with van der Waals surface area (Å²) < 4.78 is 1.37. The summed E-state index contributed by atoms with van der Waals surface area (Å²) >= 11 is 0. The molecular weight excluding hydrogens is 328 g/mol. The predicted molar refractivity (Wildman–Crippen MR) is 101 cm³/mol. The molecule has 1 aliphatic rings. The molecule has 2 aromatic rings. The van der Waals surface area contributed by atoms with Gasteiger partial charge in [0, 0.05) is 32.0 Å². The van der Waals surface area contributed by atoms with Crippen molar-refractivity contribution in [2.75, 3.05) is 32.7 Å². The van der Waals surface area contributed by atoms with Crippen molar-refractivity contribution >= 4 is 5.91 Å². The average Bonchev–Trinajstić information content (AvgIpc) is 2.90. The molecule has 138 valence electrons. The van der Waals surface area contributed by atoms with Crippen molar-refractivity contribution in [1.29, 1.82) is 0 Å². The minimum atomic E-state index is -0.377. The standard InChI is InChI=1S/C20H26N4O2/c25-19(17-24-13-5-10-21-20(24)26)23-14-6-12-22(15-16-23)11-4-9-18-7-2-1-3-8-18/h1-3,5,7-8,10,13H,4,6,9,11-12,14-17H2. The number of aryl methyl sites for hydroxylation is 1. The normalized spacial score (nSPS) is 15.6. The van der Waals surface area contributed by atoms with Crippen LogP contribution in [-0.2, 0) is 17.8 Å². The third kappa shape index (κ3) is 5.26. The second-order valence-corrected chi connectivity index (χ2v) is 6.70. The van der Waals surface area contributed by atoms with Gasteiger partial charge in [-0.1, -0.05) is 30.3 Å². The Morgan fingerprint density at radius 1 is 1.04 bits per heavy atom. The third-order valence-corrected chi connectivity index (χ3v) is 4.81. The van der Waals surface area contributed by atoms with Crippen molar-refractivity contribution in [3.05, 3.63) is 64.8 Å². The maximum Gasteiger partial charge on any atom is 0.347 e. The first-order valence-electron chi connectivity index (χ1n) is 9.28. The number of benzene rings is 1. The first kappa shape index (κ1) is 18.3. The van der Waals surface area contributed by atoms with E-state index in [2.05, 4.69) is 34.1 Å². The number of carbonyl (C=O) groups excluding carboxylic acids is 1. The SMILES string of the molecule is O=C(Cn1cccnc1=O)N1CCCN(CCCc2ccccc2)CC1. The van der Waals surface area contributed by atoms with E-state index in [0.717, 1.165) is 52.0 Å². The van der Waals surface area contributed by atoms with Gasteiger partial charge in [0.25, 0.3) is 0 Å². The lowest BCUT2D eigenvalue weighted by molar-refractivity contribution is -0.131. The molecule has 0 radical (unpaired) electrons. The van der Waals surface area contributed by atoms with E-state index in [1.54, 1.807) is 12.3 Å². The van der Waals surface area contributed by atoms with E-state index in [9.17, 15) is 9.59 Å². The van der Waals surface area contributed by atoms with Crippen molar-refractivity contribution in [2.24, 2.45) is 0 Å². The highest BCUT2D eigenvalue weighted by molar-refractivity contribution is 5.76. The second-order valence-electron chi connectivity index (χ2n) is 6.70. The van der Waals surface area contributed by atoms with Gasteiger partial charge in [0.2, 0.25) is 5.91 Å². The largest absolute Gasteiger partial charge is 0.347 e. The summed E-state index contributed by atoms with van der Waals surface area (Å²) in [7, 11) is 0. The Morgan fingerprint density at radius 2 is 1.88 bits per heavy atom. The lowest BCUT2D eigenvalue weighted by atomic mass is 10.1. The zero-order valence-electron chi connectivity index (χ0n) is 15.1. The van der Waals surface area contributed by atoms with Crippen molar-refractivity contribution in [3.63, 3.8) is 0 Å². The molecule has 0 unspecified atom stereocenters. The van der Waals surface area contributed by atoms with Gasteiger partial charge in [-0.05, 0) is 44.0 Å². The minimum absolute atomic E-state index is 0.00812. The molecule has 0 N–H and O–H groups in total. The predicted octanol–water partition coefficient (Wildman–Crippen LogP) is 1.41. The summed E-state index contributed by atoms with van der Waals surface area (Å²) in [4.78, 5) is 32.2. The molecule has 0 aliphatic carbocycles. The van der Waals surface area contributed by atoms with Crippen LogP contribution in [0.2, 0.25) is 0 Å². The second kappa shape index (κ2) is 9.29. The average molecular weight is 354 g/mol. The van der Waals surface area contributed by atoms with Gasteiger partial charge in [0.1, 0.15) is 6.54 Å². The van der Waals surface area contributed by atoms with Gasteiger partial charge in [-0.25, -0.2) is 9.78 Å². The number of hydrogen-bond donors (Lipinski definition) is 0. The third-order valence-electron chi connectivity index (χ3n) is 4.81. The molecule has 0 bridgehead atoms. The summed E-state index contributed by atoms with van der Waals surface area (Å²) in [6, 6.07) is 12.2. The number of nitrogens with zero attached hydrogens (tertiary/aromatic N) is 4. The van der Waals surface area contributed by atoms with Crippen LogP contribution in [0.15, 0.2) is 53.6 Å². The molecule has 6 nitrogen and oxygen atoms in total. The van der Waals surface area contributed by atoms with Gasteiger partial charge in [-0.3, -0.25) is 9.36 Å². The van der Waals surface area contributed by atoms with Crippen LogP contribution < -0.4 is 5.69 Å². The minimum Gasteiger partial charge on any atom is -0.340 e. The van der Waals surface area contributed by atoms with Gasteiger partial charge >= 0.3 is 5.69 Å². The fraction of sp³-hybridized carbons (Fsp3) is 0.450. The molecular formula is C20H26N4O2. The van der Waals surface area contributed by atoms with Crippen molar-refractivity contribution in [3.8, 4) is 0 Å². The van der Waals surface area contributed by atoms with Crippen LogP contribution in [0.5, 0.6) is 0 Å². The smallest absolute Gasteiger partial charge is 0.340 e. The highest BCUT2D eigenvalue weighted by atomic mass is 16.2. The summed E-state index contributed by atoms with van der Waals surface area (Å²) in [5.74, 6) is -0.00812. The molecule has 0 atom stereocenters. The molecule has 1 aromatic carbocycles. The fourth-order valence-electron chi connectivity index (χ4n) is 3.35. The van der Waals surface area contributed by atoms with Gasteiger partial charge in [-0.15, -0.1) is 0 Å². The number of aromatic nitrogens is 2. The van der Waals surface area contributed by atoms with Gasteiger partial charge in [0.05, 0.1) is 0 Å². The number of rotatable bonds is 6. The van der Waals surface area contributed by atoms with E-state index in [1.165, 1.54) is 16.3 Å². The van der Waals surface area contributed by atoms with Gasteiger partial charge < -0.3 is 9.80 Å². The van der Waals surface area contributed by atoms with Crippen LogP contribution in [0.3, 0.4) is 0 Å². The lowest BCUT2D eigenvalue weighted by Gasteiger charge is -2.22. The molecule has 1 aliphatic heterocycles. The Hall–Kier alpha value is -2.47. The maximum atomic E-state index is 12.5. The Bertz CT molecular complexity index is 760. The van der Waals surface area contributed by atoms with Gasteiger partial charge in [-0.2, -0.15) is 0 Å². The lowest BCUT2D eigenvalue weighted by Crippen LogP contribution is -2.39. The monoisotopic (exact) mass is 354 g/mol. The zero-order chi connectivity index (χ0) is 18.2. The molecule has 6 heteroatoms. The Kier molecular flexibility index (Phi) is 6.55. The van der Waals surface area contributed by atoms with E-state index in [-0.39, 0.29) is 18.1 Å². The quantitative estimate of drug-likeness (QED) is 0.787. The number of hydrogen-bond acceptors (Lipinski definition) is 4. The van der Waals surface area contributed by atoms with Gasteiger partial charge in [0.15, 0.2) is 0 Å². The topological polar surface area (TPSA) is 58.4 Å². The molecule has 1 aromatic heterocycles. The maximum absolute atomic E-state index is 12.5. The number of amides is 1. The summed E-state index contributed by atoms with van der Waals surface area (Å²) in [5.41, 5.74) is 0.999. The highest BCUT2D eigenvalue weighted by Crippen LogP contribution is 2.08. The van der Waals surface area contributed by atoms with E-state index in [1.807, 2.05) is 11.0 Å². The number of carbonyl (C=O) groups is 1. The van der Waals surface area contributed by atoms with Crippen LogP contribution in [0.1, 0.15) is 18.4 Å². The van der Waals surface area contributed by atoms with Crippen molar-refractivity contribution in [1.82, 2.24) is 19.4 Å².